The molecule has 3 heteroatoms. The number of aromatic nitrogens is 2. The van der Waals surface area contributed by atoms with Crippen molar-refractivity contribution in [3.8, 4) is 17.0 Å². The van der Waals surface area contributed by atoms with Crippen LogP contribution in [0.5, 0.6) is 5.75 Å². The number of phenols is 1. The molecular formula is C20H18N2O. The molecule has 0 atom stereocenters. The van der Waals surface area contributed by atoms with Crippen LogP contribution in [0.25, 0.3) is 33.1 Å². The van der Waals surface area contributed by atoms with Crippen LogP contribution in [0, 0.1) is 13.8 Å². The number of benzene rings is 2. The summed E-state index contributed by atoms with van der Waals surface area (Å²) in [6.45, 7) is 5.92. The van der Waals surface area contributed by atoms with Crippen molar-refractivity contribution in [2.75, 3.05) is 0 Å². The molecule has 0 saturated carbocycles. The number of hydrogen-bond donors (Lipinski definition) is 1. The maximum absolute atomic E-state index is 10.7. The quantitative estimate of drug-likeness (QED) is 0.505. The van der Waals surface area contributed by atoms with E-state index < -0.39 is 0 Å². The van der Waals surface area contributed by atoms with Gasteiger partial charge in [0.1, 0.15) is 5.75 Å². The zero-order valence-corrected chi connectivity index (χ0v) is 13.3. The van der Waals surface area contributed by atoms with E-state index in [9.17, 15) is 5.11 Å². The van der Waals surface area contributed by atoms with Gasteiger partial charge < -0.3 is 14.2 Å². The molecule has 1 N–H and O–H groups in total. The predicted octanol–water partition coefficient (Wildman–Crippen LogP) is 4.60. The predicted molar refractivity (Wildman–Crippen MR) is 94.0 cm³/mol. The van der Waals surface area contributed by atoms with Crippen LogP contribution >= 0.6 is 0 Å². The topological polar surface area (TPSA) is 30.1 Å². The van der Waals surface area contributed by atoms with Crippen LogP contribution in [0.3, 0.4) is 0 Å². The maximum Gasteiger partial charge on any atom is 0.142 e. The van der Waals surface area contributed by atoms with Gasteiger partial charge in [-0.1, -0.05) is 30.3 Å². The van der Waals surface area contributed by atoms with Crippen molar-refractivity contribution in [1.82, 2.24) is 9.13 Å². The Labute approximate surface area is 134 Å². The summed E-state index contributed by atoms with van der Waals surface area (Å²) in [6.07, 6.45) is 2.17. The van der Waals surface area contributed by atoms with Crippen molar-refractivity contribution in [2.45, 2.75) is 26.9 Å². The van der Waals surface area contributed by atoms with Crippen LogP contribution in [0.1, 0.15) is 11.1 Å². The highest BCUT2D eigenvalue weighted by Crippen LogP contribution is 2.42. The Morgan fingerprint density at radius 1 is 0.957 bits per heavy atom. The molecule has 1 aliphatic heterocycles. The van der Waals surface area contributed by atoms with Gasteiger partial charge in [-0.15, -0.1) is 0 Å². The van der Waals surface area contributed by atoms with Gasteiger partial charge >= 0.3 is 0 Å². The molecule has 2 aromatic heterocycles. The first kappa shape index (κ1) is 12.8. The Kier molecular flexibility index (Phi) is 2.34. The third-order valence-corrected chi connectivity index (χ3v) is 5.26. The monoisotopic (exact) mass is 302 g/mol. The van der Waals surface area contributed by atoms with Crippen LogP contribution < -0.4 is 0 Å². The van der Waals surface area contributed by atoms with E-state index in [0.29, 0.717) is 5.75 Å². The molecule has 0 aliphatic carbocycles. The van der Waals surface area contributed by atoms with Crippen molar-refractivity contribution >= 4 is 21.8 Å². The molecule has 0 spiro atoms. The second-order valence-corrected chi connectivity index (χ2v) is 6.51. The van der Waals surface area contributed by atoms with Gasteiger partial charge in [0, 0.05) is 35.6 Å². The minimum Gasteiger partial charge on any atom is -0.505 e. The summed E-state index contributed by atoms with van der Waals surface area (Å²) >= 11 is 0. The SMILES string of the molecule is Cc1ccc2c(C)c3n(c2c1O)CCn1ccc2cccc-3c21. The van der Waals surface area contributed by atoms with Crippen LogP contribution in [0.15, 0.2) is 42.6 Å². The number of phenolic OH excluding ortho intramolecular Hbond substituents is 1. The average Bonchev–Trinajstić information content (AvgIpc) is 3.03. The molecule has 0 fully saturated rings. The standard InChI is InChI=1S/C20H18N2O/c1-12-6-7-15-13(2)17-16-5-3-4-14-8-9-21(18(14)16)10-11-22(17)19(15)20(12)23/h3-9,23H,10-11H2,1-2H3. The van der Waals surface area contributed by atoms with Crippen molar-refractivity contribution in [3.05, 3.63) is 53.7 Å². The van der Waals surface area contributed by atoms with E-state index in [1.54, 1.807) is 0 Å². The molecule has 0 radical (unpaired) electrons. The molecule has 5 rings (SSSR count). The molecule has 23 heavy (non-hydrogen) atoms. The summed E-state index contributed by atoms with van der Waals surface area (Å²) in [5.74, 6) is 0.413. The fraction of sp³-hybridized carbons (Fsp3) is 0.200. The molecule has 0 unspecified atom stereocenters. The molecule has 1 aliphatic rings. The van der Waals surface area contributed by atoms with Gasteiger partial charge in [0.25, 0.3) is 0 Å². The van der Waals surface area contributed by atoms with Gasteiger partial charge in [0.05, 0.1) is 16.7 Å². The van der Waals surface area contributed by atoms with Gasteiger partial charge in [-0.05, 0) is 31.0 Å². The lowest BCUT2D eigenvalue weighted by Crippen LogP contribution is -2.04. The molecule has 0 amide bonds. The lowest BCUT2D eigenvalue weighted by Gasteiger charge is -2.10. The number of hydrogen-bond acceptors (Lipinski definition) is 1. The molecule has 114 valence electrons. The van der Waals surface area contributed by atoms with E-state index in [1.165, 1.54) is 27.7 Å². The van der Waals surface area contributed by atoms with Gasteiger partial charge in [0.2, 0.25) is 0 Å². The van der Waals surface area contributed by atoms with Gasteiger partial charge in [0.15, 0.2) is 0 Å². The van der Waals surface area contributed by atoms with Gasteiger partial charge in [-0.25, -0.2) is 0 Å². The normalized spacial score (nSPS) is 13.5. The molecule has 0 saturated heterocycles. The number of para-hydroxylation sites is 1. The zero-order chi connectivity index (χ0) is 15.7. The highest BCUT2D eigenvalue weighted by atomic mass is 16.3. The average molecular weight is 302 g/mol. The van der Waals surface area contributed by atoms with Gasteiger partial charge in [-0.2, -0.15) is 0 Å². The first-order chi connectivity index (χ1) is 11.2. The Bertz CT molecular complexity index is 1100. The summed E-state index contributed by atoms with van der Waals surface area (Å²) in [5.41, 5.74) is 6.95. The largest absolute Gasteiger partial charge is 0.505 e. The summed E-state index contributed by atoms with van der Waals surface area (Å²) in [4.78, 5) is 0. The lowest BCUT2D eigenvalue weighted by atomic mass is 10.0. The minimum atomic E-state index is 0.413. The Morgan fingerprint density at radius 3 is 2.70 bits per heavy atom. The van der Waals surface area contributed by atoms with E-state index in [0.717, 1.165) is 29.6 Å². The van der Waals surface area contributed by atoms with Crippen LogP contribution in [-0.4, -0.2) is 14.2 Å². The lowest BCUT2D eigenvalue weighted by molar-refractivity contribution is 0.472. The third-order valence-electron chi connectivity index (χ3n) is 5.26. The van der Waals surface area contributed by atoms with Gasteiger partial charge in [-0.3, -0.25) is 0 Å². The summed E-state index contributed by atoms with van der Waals surface area (Å²) in [7, 11) is 0. The maximum atomic E-state index is 10.7. The van der Waals surface area contributed by atoms with E-state index in [-0.39, 0.29) is 0 Å². The van der Waals surface area contributed by atoms with Crippen molar-refractivity contribution in [2.24, 2.45) is 0 Å². The Morgan fingerprint density at radius 2 is 1.83 bits per heavy atom. The fourth-order valence-electron chi connectivity index (χ4n) is 4.12. The highest BCUT2D eigenvalue weighted by Gasteiger charge is 2.23. The molecule has 4 aromatic rings. The number of aryl methyl sites for hydroxylation is 4. The van der Waals surface area contributed by atoms with Crippen molar-refractivity contribution in [1.29, 1.82) is 0 Å². The molecule has 3 nitrogen and oxygen atoms in total. The second kappa shape index (κ2) is 4.19. The van der Waals surface area contributed by atoms with Crippen LogP contribution in [0.2, 0.25) is 0 Å². The Hall–Kier alpha value is -2.68. The zero-order valence-electron chi connectivity index (χ0n) is 13.3. The smallest absolute Gasteiger partial charge is 0.142 e. The number of rotatable bonds is 0. The van der Waals surface area contributed by atoms with E-state index >= 15 is 0 Å². The van der Waals surface area contributed by atoms with E-state index in [4.69, 9.17) is 0 Å². The summed E-state index contributed by atoms with van der Waals surface area (Å²) < 4.78 is 4.63. The highest BCUT2D eigenvalue weighted by molar-refractivity contribution is 6.02. The van der Waals surface area contributed by atoms with E-state index in [2.05, 4.69) is 52.6 Å². The summed E-state index contributed by atoms with van der Waals surface area (Å²) in [5, 5.41) is 13.1. The molecular weight excluding hydrogens is 284 g/mol. The number of aromatic hydroxyl groups is 1. The summed E-state index contributed by atoms with van der Waals surface area (Å²) in [6, 6.07) is 12.8. The number of fused-ring (bicyclic) bond motifs is 4. The van der Waals surface area contributed by atoms with E-state index in [1.807, 2.05) is 13.0 Å². The minimum absolute atomic E-state index is 0.413. The molecule has 2 aromatic carbocycles. The van der Waals surface area contributed by atoms with Crippen LogP contribution in [0.4, 0.5) is 0 Å². The first-order valence-corrected chi connectivity index (χ1v) is 8.06. The fourth-order valence-corrected chi connectivity index (χ4v) is 4.12. The van der Waals surface area contributed by atoms with Crippen molar-refractivity contribution < 1.29 is 5.11 Å². The second-order valence-electron chi connectivity index (χ2n) is 6.51. The van der Waals surface area contributed by atoms with Crippen LogP contribution in [-0.2, 0) is 13.1 Å². The molecule has 0 bridgehead atoms. The Balaban J connectivity index is 2.01. The number of nitrogens with zero attached hydrogens (tertiary/aromatic N) is 2. The van der Waals surface area contributed by atoms with Crippen molar-refractivity contribution in [3.63, 3.8) is 0 Å². The molecule has 3 heterocycles. The first-order valence-electron chi connectivity index (χ1n) is 8.06. The third kappa shape index (κ3) is 1.49.